The summed E-state index contributed by atoms with van der Waals surface area (Å²) in [7, 11) is 0. The van der Waals surface area contributed by atoms with Gasteiger partial charge in [0.1, 0.15) is 5.41 Å². The first kappa shape index (κ1) is 18.3. The third-order valence-corrected chi connectivity index (χ3v) is 5.58. The topological polar surface area (TPSA) is 38.1 Å². The van der Waals surface area contributed by atoms with Crippen LogP contribution in [0.5, 0.6) is 0 Å². The quantitative estimate of drug-likeness (QED) is 0.818. The molecule has 1 amide bonds. The molecule has 2 aliphatic rings. The van der Waals surface area contributed by atoms with Crippen LogP contribution in [0.1, 0.15) is 57.6 Å². The zero-order valence-corrected chi connectivity index (χ0v) is 14.9. The summed E-state index contributed by atoms with van der Waals surface area (Å²) in [6, 6.07) is 0.160. The molecule has 1 saturated heterocycles. The number of piperidine rings is 1. The lowest BCUT2D eigenvalue weighted by Crippen LogP contribution is -2.57. The first-order valence-electron chi connectivity index (χ1n) is 9.12. The van der Waals surface area contributed by atoms with Gasteiger partial charge < -0.3 is 4.90 Å². The largest absolute Gasteiger partial charge is 0.403 e. The zero-order valence-electron chi connectivity index (χ0n) is 14.9. The van der Waals surface area contributed by atoms with E-state index in [4.69, 9.17) is 0 Å². The Balaban J connectivity index is 1.60. The highest BCUT2D eigenvalue weighted by atomic mass is 19.4. The standard InChI is InChI=1S/C18H26F3N3O/c1-13(2)10-14-11-22-24(12-14)15-4-8-23(9-5-15)16(25)17(6-3-7-17)18(19,20)21/h11-13,15H,3-10H2,1-2H3. The van der Waals surface area contributed by atoms with Crippen LogP contribution in [0.2, 0.25) is 0 Å². The molecule has 3 rings (SSSR count). The Bertz CT molecular complexity index is 611. The van der Waals surface area contributed by atoms with E-state index in [9.17, 15) is 18.0 Å². The summed E-state index contributed by atoms with van der Waals surface area (Å²) in [5.74, 6) is -0.163. The van der Waals surface area contributed by atoms with E-state index in [1.54, 1.807) is 0 Å². The minimum absolute atomic E-state index is 0.0625. The summed E-state index contributed by atoms with van der Waals surface area (Å²) in [4.78, 5) is 13.9. The maximum atomic E-state index is 13.3. The average Bonchev–Trinajstić information content (AvgIpc) is 2.92. The monoisotopic (exact) mass is 357 g/mol. The fraction of sp³-hybridized carbons (Fsp3) is 0.778. The van der Waals surface area contributed by atoms with Crippen molar-refractivity contribution < 1.29 is 18.0 Å². The van der Waals surface area contributed by atoms with Crippen molar-refractivity contribution in [2.75, 3.05) is 13.1 Å². The van der Waals surface area contributed by atoms with Gasteiger partial charge in [-0.15, -0.1) is 0 Å². The molecule has 0 spiro atoms. The fourth-order valence-electron chi connectivity index (χ4n) is 3.94. The maximum absolute atomic E-state index is 13.3. The van der Waals surface area contributed by atoms with E-state index >= 15 is 0 Å². The lowest BCUT2D eigenvalue weighted by atomic mass is 9.67. The first-order valence-corrected chi connectivity index (χ1v) is 9.12. The van der Waals surface area contributed by atoms with Crippen LogP contribution in [-0.2, 0) is 11.2 Å². The average molecular weight is 357 g/mol. The molecular weight excluding hydrogens is 331 g/mol. The van der Waals surface area contributed by atoms with Crippen molar-refractivity contribution in [2.24, 2.45) is 11.3 Å². The van der Waals surface area contributed by atoms with Crippen LogP contribution in [0.4, 0.5) is 13.2 Å². The predicted octanol–water partition coefficient (Wildman–Crippen LogP) is 3.98. The number of likely N-dealkylation sites (tertiary alicyclic amines) is 1. The number of aromatic nitrogens is 2. The number of rotatable bonds is 4. The Morgan fingerprint density at radius 3 is 2.44 bits per heavy atom. The molecule has 4 nitrogen and oxygen atoms in total. The summed E-state index contributed by atoms with van der Waals surface area (Å²) in [5.41, 5.74) is -0.935. The van der Waals surface area contributed by atoms with Crippen molar-refractivity contribution in [1.29, 1.82) is 0 Å². The number of amides is 1. The number of nitrogens with zero attached hydrogens (tertiary/aromatic N) is 3. The van der Waals surface area contributed by atoms with Gasteiger partial charge in [0.25, 0.3) is 0 Å². The lowest BCUT2D eigenvalue weighted by Gasteiger charge is -2.45. The molecule has 1 aromatic heterocycles. The van der Waals surface area contributed by atoms with Crippen molar-refractivity contribution in [3.05, 3.63) is 18.0 Å². The number of hydrogen-bond acceptors (Lipinski definition) is 2. The van der Waals surface area contributed by atoms with Gasteiger partial charge in [-0.3, -0.25) is 9.48 Å². The Morgan fingerprint density at radius 1 is 1.32 bits per heavy atom. The SMILES string of the molecule is CC(C)Cc1cnn(C2CCN(C(=O)C3(C(F)(F)F)CCC3)CC2)c1. The van der Waals surface area contributed by atoms with E-state index in [0.29, 0.717) is 38.3 Å². The Morgan fingerprint density at radius 2 is 1.96 bits per heavy atom. The third-order valence-electron chi connectivity index (χ3n) is 5.58. The van der Waals surface area contributed by atoms with Gasteiger partial charge in [-0.2, -0.15) is 18.3 Å². The second kappa shape index (κ2) is 6.65. The van der Waals surface area contributed by atoms with Crippen molar-refractivity contribution in [3.63, 3.8) is 0 Å². The van der Waals surface area contributed by atoms with Crippen LogP contribution in [0.3, 0.4) is 0 Å². The van der Waals surface area contributed by atoms with E-state index in [0.717, 1.165) is 6.42 Å². The summed E-state index contributed by atoms with van der Waals surface area (Å²) < 4.78 is 42.0. The van der Waals surface area contributed by atoms with Gasteiger partial charge in [0.2, 0.25) is 5.91 Å². The Kier molecular flexibility index (Phi) is 4.86. The van der Waals surface area contributed by atoms with Crippen LogP contribution in [0, 0.1) is 11.3 Å². The van der Waals surface area contributed by atoms with Crippen LogP contribution in [0.15, 0.2) is 12.4 Å². The molecule has 1 saturated carbocycles. The normalized spacial score (nSPS) is 21.4. The molecule has 25 heavy (non-hydrogen) atoms. The van der Waals surface area contributed by atoms with Gasteiger partial charge in [-0.05, 0) is 43.6 Å². The van der Waals surface area contributed by atoms with Crippen molar-refractivity contribution >= 4 is 5.91 Å². The molecule has 7 heteroatoms. The van der Waals surface area contributed by atoms with E-state index in [-0.39, 0.29) is 18.9 Å². The Labute approximate surface area is 146 Å². The van der Waals surface area contributed by atoms with E-state index < -0.39 is 17.5 Å². The minimum Gasteiger partial charge on any atom is -0.342 e. The third kappa shape index (κ3) is 3.42. The molecular formula is C18H26F3N3O. The van der Waals surface area contributed by atoms with Crippen molar-refractivity contribution in [3.8, 4) is 0 Å². The summed E-state index contributed by atoms with van der Waals surface area (Å²) in [6.45, 7) is 5.05. The second-order valence-electron chi connectivity index (χ2n) is 7.88. The minimum atomic E-state index is -4.44. The van der Waals surface area contributed by atoms with Gasteiger partial charge in [0, 0.05) is 19.3 Å². The summed E-state index contributed by atoms with van der Waals surface area (Å²) >= 11 is 0. The smallest absolute Gasteiger partial charge is 0.342 e. The maximum Gasteiger partial charge on any atom is 0.403 e. The first-order chi connectivity index (χ1) is 11.7. The summed E-state index contributed by atoms with van der Waals surface area (Å²) in [6.07, 6.45) is 2.09. The predicted molar refractivity (Wildman–Crippen MR) is 88.0 cm³/mol. The second-order valence-corrected chi connectivity index (χ2v) is 7.88. The van der Waals surface area contributed by atoms with E-state index in [1.807, 2.05) is 17.1 Å². The molecule has 0 atom stereocenters. The number of carbonyl (C=O) groups excluding carboxylic acids is 1. The molecule has 140 valence electrons. The lowest BCUT2D eigenvalue weighted by molar-refractivity contribution is -0.248. The number of alkyl halides is 3. The molecule has 0 radical (unpaired) electrons. The number of halogens is 3. The summed E-state index contributed by atoms with van der Waals surface area (Å²) in [5, 5.41) is 4.41. The molecule has 0 N–H and O–H groups in total. The van der Waals surface area contributed by atoms with Crippen LogP contribution in [-0.4, -0.2) is 39.9 Å². The van der Waals surface area contributed by atoms with Crippen molar-refractivity contribution in [2.45, 2.75) is 64.6 Å². The highest BCUT2D eigenvalue weighted by molar-refractivity contribution is 5.84. The molecule has 1 aliphatic carbocycles. The van der Waals surface area contributed by atoms with Crippen molar-refractivity contribution in [1.82, 2.24) is 14.7 Å². The highest BCUT2D eigenvalue weighted by Gasteiger charge is 2.64. The Hall–Kier alpha value is -1.53. The van der Waals surface area contributed by atoms with Gasteiger partial charge in [-0.1, -0.05) is 20.3 Å². The number of hydrogen-bond donors (Lipinski definition) is 0. The molecule has 0 unspecified atom stereocenters. The van der Waals surface area contributed by atoms with Gasteiger partial charge >= 0.3 is 6.18 Å². The molecule has 1 aromatic rings. The van der Waals surface area contributed by atoms with Crippen LogP contribution >= 0.6 is 0 Å². The molecule has 0 aromatic carbocycles. The van der Waals surface area contributed by atoms with Gasteiger partial charge in [-0.25, -0.2) is 0 Å². The van der Waals surface area contributed by atoms with E-state index in [2.05, 4.69) is 18.9 Å². The van der Waals surface area contributed by atoms with Crippen LogP contribution < -0.4 is 0 Å². The fourth-order valence-corrected chi connectivity index (χ4v) is 3.94. The highest BCUT2D eigenvalue weighted by Crippen LogP contribution is 2.54. The molecule has 2 heterocycles. The van der Waals surface area contributed by atoms with Gasteiger partial charge in [0.05, 0.1) is 12.2 Å². The molecule has 0 bridgehead atoms. The van der Waals surface area contributed by atoms with Crippen LogP contribution in [0.25, 0.3) is 0 Å². The number of carbonyl (C=O) groups is 1. The molecule has 1 aliphatic heterocycles. The van der Waals surface area contributed by atoms with Gasteiger partial charge in [0.15, 0.2) is 0 Å². The zero-order chi connectivity index (χ0) is 18.2. The molecule has 2 fully saturated rings. The van der Waals surface area contributed by atoms with E-state index in [1.165, 1.54) is 10.5 Å².